The van der Waals surface area contributed by atoms with Crippen LogP contribution in [0.25, 0.3) is 0 Å². The molecule has 2 aromatic rings. The van der Waals surface area contributed by atoms with Crippen molar-refractivity contribution in [3.63, 3.8) is 0 Å². The molecule has 3 rings (SSSR count). The maximum Gasteiger partial charge on any atom is 0.264 e. The van der Waals surface area contributed by atoms with Gasteiger partial charge in [0.15, 0.2) is 6.10 Å². The van der Waals surface area contributed by atoms with Crippen LogP contribution < -0.4 is 10.3 Å². The van der Waals surface area contributed by atoms with Gasteiger partial charge in [0.05, 0.1) is 11.6 Å². The van der Waals surface area contributed by atoms with E-state index in [4.69, 9.17) is 10.00 Å². The van der Waals surface area contributed by atoms with E-state index in [0.29, 0.717) is 12.0 Å². The van der Waals surface area contributed by atoms with Gasteiger partial charge >= 0.3 is 0 Å². The molecule has 2 unspecified atom stereocenters. The molecule has 0 radical (unpaired) electrons. The lowest BCUT2D eigenvalue weighted by Gasteiger charge is -2.41. The Morgan fingerprint density at radius 1 is 1.39 bits per heavy atom. The van der Waals surface area contributed by atoms with Crippen LogP contribution in [0.5, 0.6) is 5.88 Å². The van der Waals surface area contributed by atoms with Crippen molar-refractivity contribution in [1.29, 1.82) is 5.26 Å². The monoisotopic (exact) mass is 311 g/mol. The first kappa shape index (κ1) is 15.3. The number of nitrogens with one attached hydrogen (secondary N) is 1. The summed E-state index contributed by atoms with van der Waals surface area (Å²) in [6.45, 7) is 3.94. The van der Waals surface area contributed by atoms with Crippen molar-refractivity contribution in [2.24, 2.45) is 5.41 Å². The third kappa shape index (κ3) is 2.83. The Bertz CT molecular complexity index is 815. The number of hydrogen-bond acceptors (Lipinski definition) is 5. The summed E-state index contributed by atoms with van der Waals surface area (Å²) in [6.07, 6.45) is -0.730. The quantitative estimate of drug-likeness (QED) is 0.879. The summed E-state index contributed by atoms with van der Waals surface area (Å²) in [5.74, 6) is 0.222. The molecule has 1 heterocycles. The lowest BCUT2D eigenvalue weighted by atomic mass is 9.70. The number of fused-ring (bicyclic) bond motifs is 1. The third-order valence-electron chi connectivity index (χ3n) is 4.22. The minimum Gasteiger partial charge on any atom is -0.466 e. The molecule has 0 spiro atoms. The van der Waals surface area contributed by atoms with E-state index in [1.54, 1.807) is 12.1 Å². The Hall–Kier alpha value is -2.65. The fraction of sp³-hybridized carbons (Fsp3) is 0.353. The Labute approximate surface area is 133 Å². The fourth-order valence-electron chi connectivity index (χ4n) is 2.92. The number of nitrogens with zero attached hydrogens (tertiary/aromatic N) is 2. The summed E-state index contributed by atoms with van der Waals surface area (Å²) in [7, 11) is 0. The predicted molar refractivity (Wildman–Crippen MR) is 82.9 cm³/mol. The van der Waals surface area contributed by atoms with Gasteiger partial charge in [-0.1, -0.05) is 19.9 Å². The highest BCUT2D eigenvalue weighted by atomic mass is 16.5. The molecule has 6 heteroatoms. The second-order valence-electron chi connectivity index (χ2n) is 6.43. The lowest BCUT2D eigenvalue weighted by molar-refractivity contribution is -0.0524. The van der Waals surface area contributed by atoms with Gasteiger partial charge < -0.3 is 9.84 Å². The van der Waals surface area contributed by atoms with Crippen LogP contribution >= 0.6 is 0 Å². The van der Waals surface area contributed by atoms with Crippen LogP contribution in [0.1, 0.15) is 36.6 Å². The average Bonchev–Trinajstić information content (AvgIpc) is 2.53. The van der Waals surface area contributed by atoms with Crippen molar-refractivity contribution in [3.05, 3.63) is 57.4 Å². The number of aliphatic hydroxyl groups is 1. The first-order valence-electron chi connectivity index (χ1n) is 7.34. The van der Waals surface area contributed by atoms with Crippen LogP contribution in [0.2, 0.25) is 0 Å². The first-order chi connectivity index (χ1) is 10.9. The van der Waals surface area contributed by atoms with E-state index in [1.165, 1.54) is 12.1 Å². The van der Waals surface area contributed by atoms with Gasteiger partial charge in [0.25, 0.3) is 5.56 Å². The largest absolute Gasteiger partial charge is 0.466 e. The van der Waals surface area contributed by atoms with Crippen LogP contribution in [0.15, 0.2) is 35.1 Å². The summed E-state index contributed by atoms with van der Waals surface area (Å²) in [5, 5.41) is 26.0. The smallest absolute Gasteiger partial charge is 0.264 e. The number of nitriles is 1. The highest BCUT2D eigenvalue weighted by molar-refractivity contribution is 5.42. The maximum atomic E-state index is 11.1. The highest BCUT2D eigenvalue weighted by Crippen LogP contribution is 2.43. The predicted octanol–water partition coefficient (Wildman–Crippen LogP) is 1.70. The van der Waals surface area contributed by atoms with E-state index < -0.39 is 12.2 Å². The van der Waals surface area contributed by atoms with Crippen molar-refractivity contribution in [2.75, 3.05) is 0 Å². The first-order valence-corrected chi connectivity index (χ1v) is 7.34. The Balaban J connectivity index is 2.04. The summed E-state index contributed by atoms with van der Waals surface area (Å²) in [5.41, 5.74) is 1.62. The van der Waals surface area contributed by atoms with Crippen molar-refractivity contribution in [3.8, 4) is 11.9 Å². The SMILES string of the molecule is CC1(C)Cc2ccc(C#N)cc2C(Oc2ccc(=O)[nH]n2)C1O. The normalized spacial score (nSPS) is 22.0. The minimum atomic E-state index is -0.766. The van der Waals surface area contributed by atoms with Gasteiger partial charge in [-0.05, 0) is 35.1 Å². The van der Waals surface area contributed by atoms with Gasteiger partial charge in [0.2, 0.25) is 5.88 Å². The zero-order valence-electron chi connectivity index (χ0n) is 12.9. The van der Waals surface area contributed by atoms with Gasteiger partial charge in [-0.15, -0.1) is 5.10 Å². The summed E-state index contributed by atoms with van der Waals surface area (Å²) in [6, 6.07) is 10.3. The molecule has 1 aliphatic carbocycles. The molecule has 0 fully saturated rings. The topological polar surface area (TPSA) is 99.0 Å². The van der Waals surface area contributed by atoms with Crippen molar-refractivity contribution in [1.82, 2.24) is 10.2 Å². The molecular formula is C17H17N3O3. The van der Waals surface area contributed by atoms with E-state index in [1.807, 2.05) is 19.9 Å². The molecule has 0 amide bonds. The average molecular weight is 311 g/mol. The van der Waals surface area contributed by atoms with Crippen molar-refractivity contribution < 1.29 is 9.84 Å². The van der Waals surface area contributed by atoms with Crippen LogP contribution in [0.3, 0.4) is 0 Å². The van der Waals surface area contributed by atoms with Gasteiger partial charge in [0, 0.05) is 12.1 Å². The van der Waals surface area contributed by atoms with E-state index in [9.17, 15) is 9.90 Å². The Morgan fingerprint density at radius 2 is 2.17 bits per heavy atom. The van der Waals surface area contributed by atoms with Gasteiger partial charge in [-0.25, -0.2) is 5.10 Å². The molecule has 2 atom stereocenters. The van der Waals surface area contributed by atoms with Crippen molar-refractivity contribution in [2.45, 2.75) is 32.5 Å². The number of H-pyrrole nitrogens is 1. The lowest BCUT2D eigenvalue weighted by Crippen LogP contribution is -2.43. The molecule has 118 valence electrons. The summed E-state index contributed by atoms with van der Waals surface area (Å²) in [4.78, 5) is 11.1. The molecule has 1 aliphatic rings. The number of rotatable bonds is 2. The number of benzene rings is 1. The molecule has 23 heavy (non-hydrogen) atoms. The Morgan fingerprint density at radius 3 is 2.83 bits per heavy atom. The zero-order valence-corrected chi connectivity index (χ0v) is 12.9. The van der Waals surface area contributed by atoms with Crippen LogP contribution in [-0.2, 0) is 6.42 Å². The molecule has 6 nitrogen and oxygen atoms in total. The standard InChI is InChI=1S/C17H17N3O3/c1-17(2)8-11-4-3-10(9-18)7-12(11)15(16(17)22)23-14-6-5-13(21)19-20-14/h3-7,15-16,22H,8H2,1-2H3,(H,19,21). The van der Waals surface area contributed by atoms with Crippen LogP contribution in [-0.4, -0.2) is 21.4 Å². The molecule has 1 aromatic carbocycles. The summed E-state index contributed by atoms with van der Waals surface area (Å²) < 4.78 is 5.84. The number of aromatic amines is 1. The molecule has 0 saturated carbocycles. The number of hydrogen-bond donors (Lipinski definition) is 2. The number of ether oxygens (including phenoxy) is 1. The molecule has 0 aliphatic heterocycles. The molecular weight excluding hydrogens is 294 g/mol. The van der Waals surface area contributed by atoms with Gasteiger partial charge in [-0.3, -0.25) is 4.79 Å². The second-order valence-corrected chi connectivity index (χ2v) is 6.43. The van der Waals surface area contributed by atoms with E-state index in [0.717, 1.165) is 11.1 Å². The van der Waals surface area contributed by atoms with Crippen LogP contribution in [0.4, 0.5) is 0 Å². The number of aliphatic hydroxyl groups excluding tert-OH is 1. The molecule has 2 N–H and O–H groups in total. The number of aromatic nitrogens is 2. The van der Waals surface area contributed by atoms with E-state index >= 15 is 0 Å². The van der Waals surface area contributed by atoms with Crippen LogP contribution in [0, 0.1) is 16.7 Å². The molecule has 1 aromatic heterocycles. The van der Waals surface area contributed by atoms with E-state index in [-0.39, 0.29) is 16.9 Å². The fourth-order valence-corrected chi connectivity index (χ4v) is 2.92. The van der Waals surface area contributed by atoms with Gasteiger partial charge in [0.1, 0.15) is 6.10 Å². The summed E-state index contributed by atoms with van der Waals surface area (Å²) >= 11 is 0. The van der Waals surface area contributed by atoms with E-state index in [2.05, 4.69) is 16.3 Å². The molecule has 0 saturated heterocycles. The third-order valence-corrected chi connectivity index (χ3v) is 4.22. The van der Waals surface area contributed by atoms with Gasteiger partial charge in [-0.2, -0.15) is 5.26 Å². The Kier molecular flexibility index (Phi) is 3.66. The second kappa shape index (κ2) is 5.52. The minimum absolute atomic E-state index is 0.222. The maximum absolute atomic E-state index is 11.1. The highest BCUT2D eigenvalue weighted by Gasteiger charge is 2.42. The van der Waals surface area contributed by atoms with Crippen molar-refractivity contribution >= 4 is 0 Å². The molecule has 0 bridgehead atoms. The zero-order chi connectivity index (χ0) is 16.6.